The van der Waals surface area contributed by atoms with Gasteiger partial charge < -0.3 is 0 Å². The number of hydrogen-bond acceptors (Lipinski definition) is 2. The highest BCUT2D eigenvalue weighted by molar-refractivity contribution is 7.15. The fourth-order valence-corrected chi connectivity index (χ4v) is 3.55. The number of thiophene rings is 1. The maximum atomic E-state index is 11.8. The monoisotopic (exact) mass is 242 g/mol. The van der Waals surface area contributed by atoms with Crippen LogP contribution in [0.2, 0.25) is 0 Å². The van der Waals surface area contributed by atoms with Gasteiger partial charge in [-0.1, -0.05) is 29.8 Å². The second-order valence-corrected chi connectivity index (χ2v) is 5.73. The predicted octanol–water partition coefficient (Wildman–Crippen LogP) is 4.24. The fourth-order valence-electron chi connectivity index (χ4n) is 2.34. The largest absolute Gasteiger partial charge is 0.294 e. The van der Waals surface area contributed by atoms with Crippen molar-refractivity contribution in [3.63, 3.8) is 0 Å². The van der Waals surface area contributed by atoms with Crippen molar-refractivity contribution in [1.82, 2.24) is 0 Å². The summed E-state index contributed by atoms with van der Waals surface area (Å²) in [5, 5.41) is 0. The van der Waals surface area contributed by atoms with E-state index in [-0.39, 0.29) is 0 Å². The van der Waals surface area contributed by atoms with Crippen LogP contribution < -0.4 is 0 Å². The summed E-state index contributed by atoms with van der Waals surface area (Å²) in [7, 11) is 0. The van der Waals surface area contributed by atoms with E-state index >= 15 is 0 Å². The Balaban J connectivity index is 2.08. The molecule has 1 heterocycles. The van der Waals surface area contributed by atoms with Crippen LogP contribution in [-0.4, -0.2) is 5.78 Å². The molecule has 0 bridgehead atoms. The molecule has 0 aliphatic heterocycles. The number of aryl methyl sites for hydroxylation is 2. The van der Waals surface area contributed by atoms with Gasteiger partial charge in [0.05, 0.1) is 0 Å². The van der Waals surface area contributed by atoms with Crippen molar-refractivity contribution in [3.05, 3.63) is 46.3 Å². The Kier molecular flexibility index (Phi) is 2.60. The van der Waals surface area contributed by atoms with Crippen LogP contribution >= 0.6 is 11.3 Å². The van der Waals surface area contributed by atoms with Crippen molar-refractivity contribution >= 4 is 17.1 Å². The van der Waals surface area contributed by atoms with Crippen LogP contribution in [0.1, 0.15) is 33.6 Å². The standard InChI is InChI=1S/C15H14OS/c1-10-4-2-5-11(8-10)15-9-12-13(16)6-3-7-14(12)17-15/h2,4-5,8-9H,3,6-7H2,1H3. The number of hydrogen-bond donors (Lipinski definition) is 0. The molecule has 0 amide bonds. The Hall–Kier alpha value is -1.41. The molecule has 2 heteroatoms. The summed E-state index contributed by atoms with van der Waals surface area (Å²) in [6.07, 6.45) is 2.80. The molecule has 1 aromatic carbocycles. The lowest BCUT2D eigenvalue weighted by atomic mass is 9.97. The topological polar surface area (TPSA) is 17.1 Å². The van der Waals surface area contributed by atoms with E-state index < -0.39 is 0 Å². The summed E-state index contributed by atoms with van der Waals surface area (Å²) >= 11 is 1.78. The fraction of sp³-hybridized carbons (Fsp3) is 0.267. The van der Waals surface area contributed by atoms with E-state index in [1.54, 1.807) is 11.3 Å². The second-order valence-electron chi connectivity index (χ2n) is 4.59. The molecule has 1 aliphatic rings. The molecular formula is C15H14OS. The van der Waals surface area contributed by atoms with E-state index in [0.717, 1.165) is 24.8 Å². The third-order valence-electron chi connectivity index (χ3n) is 3.22. The summed E-state index contributed by atoms with van der Waals surface area (Å²) in [5.41, 5.74) is 3.47. The van der Waals surface area contributed by atoms with E-state index in [4.69, 9.17) is 0 Å². The molecule has 0 atom stereocenters. The van der Waals surface area contributed by atoms with Crippen LogP contribution in [0, 0.1) is 6.92 Å². The minimum atomic E-state index is 0.321. The highest BCUT2D eigenvalue weighted by Crippen LogP contribution is 2.35. The summed E-state index contributed by atoms with van der Waals surface area (Å²) < 4.78 is 0. The Morgan fingerprint density at radius 3 is 2.82 bits per heavy atom. The molecule has 0 radical (unpaired) electrons. The minimum Gasteiger partial charge on any atom is -0.294 e. The molecule has 86 valence electrons. The zero-order valence-electron chi connectivity index (χ0n) is 9.82. The minimum absolute atomic E-state index is 0.321. The predicted molar refractivity (Wildman–Crippen MR) is 71.8 cm³/mol. The van der Waals surface area contributed by atoms with Gasteiger partial charge in [0.15, 0.2) is 5.78 Å². The average Bonchev–Trinajstić information content (AvgIpc) is 2.74. The SMILES string of the molecule is Cc1cccc(-c2cc3c(s2)CCCC3=O)c1. The number of rotatable bonds is 1. The summed E-state index contributed by atoms with van der Waals surface area (Å²) in [4.78, 5) is 14.3. The van der Waals surface area contributed by atoms with Gasteiger partial charge in [-0.3, -0.25) is 4.79 Å². The molecule has 3 rings (SSSR count). The highest BCUT2D eigenvalue weighted by Gasteiger charge is 2.20. The lowest BCUT2D eigenvalue weighted by Gasteiger charge is -2.07. The number of benzene rings is 1. The number of fused-ring (bicyclic) bond motifs is 1. The van der Waals surface area contributed by atoms with Gasteiger partial charge in [0.25, 0.3) is 0 Å². The van der Waals surface area contributed by atoms with Gasteiger partial charge in [0, 0.05) is 21.7 Å². The van der Waals surface area contributed by atoms with Crippen LogP contribution in [0.15, 0.2) is 30.3 Å². The van der Waals surface area contributed by atoms with Crippen LogP contribution in [0.5, 0.6) is 0 Å². The smallest absolute Gasteiger partial charge is 0.164 e. The van der Waals surface area contributed by atoms with Crippen molar-refractivity contribution in [2.75, 3.05) is 0 Å². The van der Waals surface area contributed by atoms with Gasteiger partial charge in [-0.25, -0.2) is 0 Å². The normalized spacial score (nSPS) is 14.8. The zero-order valence-corrected chi connectivity index (χ0v) is 10.6. The van der Waals surface area contributed by atoms with Crippen LogP contribution in [0.4, 0.5) is 0 Å². The first-order chi connectivity index (χ1) is 8.24. The highest BCUT2D eigenvalue weighted by atomic mass is 32.1. The van der Waals surface area contributed by atoms with Gasteiger partial charge in [-0.05, 0) is 31.4 Å². The lowest BCUT2D eigenvalue weighted by molar-refractivity contribution is 0.0973. The maximum Gasteiger partial charge on any atom is 0.164 e. The van der Waals surface area contributed by atoms with Gasteiger partial charge in [-0.2, -0.15) is 0 Å². The molecule has 0 N–H and O–H groups in total. The van der Waals surface area contributed by atoms with Gasteiger partial charge in [0.2, 0.25) is 0 Å². The molecule has 2 aromatic rings. The Labute approximate surface area is 105 Å². The summed E-state index contributed by atoms with van der Waals surface area (Å²) in [6, 6.07) is 10.6. The third kappa shape index (κ3) is 1.93. The van der Waals surface area contributed by atoms with E-state index in [0.29, 0.717) is 5.78 Å². The van der Waals surface area contributed by atoms with Crippen LogP contribution in [0.25, 0.3) is 10.4 Å². The number of ketones is 1. The Morgan fingerprint density at radius 1 is 1.18 bits per heavy atom. The van der Waals surface area contributed by atoms with Crippen molar-refractivity contribution in [3.8, 4) is 10.4 Å². The molecule has 0 unspecified atom stereocenters. The molecule has 0 spiro atoms. The molecular weight excluding hydrogens is 228 g/mol. The van der Waals surface area contributed by atoms with E-state index in [2.05, 4.69) is 37.3 Å². The summed E-state index contributed by atoms with van der Waals surface area (Å²) in [5.74, 6) is 0.321. The average molecular weight is 242 g/mol. The van der Waals surface area contributed by atoms with Crippen LogP contribution in [0.3, 0.4) is 0 Å². The molecule has 0 saturated carbocycles. The maximum absolute atomic E-state index is 11.8. The number of Topliss-reactive ketones (excluding diaryl/α,β-unsaturated/α-hetero) is 1. The molecule has 0 fully saturated rings. The number of carbonyl (C=O) groups excluding carboxylic acids is 1. The first-order valence-corrected chi connectivity index (χ1v) is 6.78. The lowest BCUT2D eigenvalue weighted by Crippen LogP contribution is -2.06. The van der Waals surface area contributed by atoms with Gasteiger partial charge >= 0.3 is 0 Å². The van der Waals surface area contributed by atoms with Gasteiger partial charge in [-0.15, -0.1) is 11.3 Å². The first-order valence-electron chi connectivity index (χ1n) is 5.97. The second kappa shape index (κ2) is 4.11. The third-order valence-corrected chi connectivity index (χ3v) is 4.46. The van der Waals surface area contributed by atoms with Crippen molar-refractivity contribution in [2.45, 2.75) is 26.2 Å². The Morgan fingerprint density at radius 2 is 2.06 bits per heavy atom. The van der Waals surface area contributed by atoms with Crippen molar-refractivity contribution < 1.29 is 4.79 Å². The molecule has 0 saturated heterocycles. The molecule has 1 nitrogen and oxygen atoms in total. The van der Waals surface area contributed by atoms with Crippen molar-refractivity contribution in [2.24, 2.45) is 0 Å². The zero-order chi connectivity index (χ0) is 11.8. The van der Waals surface area contributed by atoms with E-state index in [1.807, 2.05) is 0 Å². The number of carbonyl (C=O) groups is 1. The molecule has 17 heavy (non-hydrogen) atoms. The van der Waals surface area contributed by atoms with E-state index in [9.17, 15) is 4.79 Å². The Bertz CT molecular complexity index is 580. The van der Waals surface area contributed by atoms with Crippen LogP contribution in [-0.2, 0) is 6.42 Å². The summed E-state index contributed by atoms with van der Waals surface area (Å²) in [6.45, 7) is 2.10. The molecule has 1 aromatic heterocycles. The quantitative estimate of drug-likeness (QED) is 0.731. The molecule has 1 aliphatic carbocycles. The first kappa shape index (κ1) is 10.7. The van der Waals surface area contributed by atoms with E-state index in [1.165, 1.54) is 20.9 Å². The van der Waals surface area contributed by atoms with Gasteiger partial charge in [0.1, 0.15) is 0 Å². The van der Waals surface area contributed by atoms with Crippen molar-refractivity contribution in [1.29, 1.82) is 0 Å².